The number of nitrogens with zero attached hydrogens (tertiary/aromatic N) is 3. The van der Waals surface area contributed by atoms with Gasteiger partial charge in [0.1, 0.15) is 12.2 Å². The van der Waals surface area contributed by atoms with Crippen molar-refractivity contribution in [2.24, 2.45) is 0 Å². The first kappa shape index (κ1) is 15.7. The Kier molecular flexibility index (Phi) is 6.95. The van der Waals surface area contributed by atoms with E-state index in [1.807, 2.05) is 6.33 Å². The Morgan fingerprint density at radius 3 is 2.75 bits per heavy atom. The van der Waals surface area contributed by atoms with Crippen LogP contribution in [0.5, 0.6) is 0 Å². The van der Waals surface area contributed by atoms with E-state index in [9.17, 15) is 0 Å². The third-order valence-electron chi connectivity index (χ3n) is 2.82. The van der Waals surface area contributed by atoms with Crippen LogP contribution in [0.1, 0.15) is 44.5 Å². The summed E-state index contributed by atoms with van der Waals surface area (Å²) in [6.07, 6.45) is 4.32. The zero-order valence-corrected chi connectivity index (χ0v) is 11.4. The fraction of sp³-hybridized carbons (Fsp3) is 0.800. The molecular weight excluding hydrogens is 247 g/mol. The lowest BCUT2D eigenvalue weighted by Gasteiger charge is -2.23. The Balaban J connectivity index is 0.00000112. The first-order valence-electron chi connectivity index (χ1n) is 5.39. The molecule has 1 fully saturated rings. The zero-order chi connectivity index (χ0) is 9.97. The Morgan fingerprint density at radius 1 is 1.44 bits per heavy atom. The Hall–Kier alpha value is -0.320. The number of halogens is 2. The summed E-state index contributed by atoms with van der Waals surface area (Å²) in [5, 5.41) is 11.6. The van der Waals surface area contributed by atoms with Crippen molar-refractivity contribution in [1.82, 2.24) is 20.1 Å². The molecule has 0 bridgehead atoms. The number of rotatable bonds is 2. The van der Waals surface area contributed by atoms with Crippen molar-refractivity contribution in [1.29, 1.82) is 0 Å². The molecule has 1 aromatic rings. The highest BCUT2D eigenvalue weighted by atomic mass is 35.5. The summed E-state index contributed by atoms with van der Waals surface area (Å²) in [5.74, 6) is 1.70. The molecule has 1 atom stereocenters. The molecule has 1 saturated heterocycles. The molecule has 1 aliphatic rings. The molecule has 1 N–H and O–H groups in total. The van der Waals surface area contributed by atoms with Gasteiger partial charge in [0.2, 0.25) is 0 Å². The van der Waals surface area contributed by atoms with E-state index in [2.05, 4.69) is 33.9 Å². The summed E-state index contributed by atoms with van der Waals surface area (Å²) in [5.41, 5.74) is 0. The molecule has 1 unspecified atom stereocenters. The van der Waals surface area contributed by atoms with E-state index in [0.717, 1.165) is 18.9 Å². The Morgan fingerprint density at radius 2 is 2.19 bits per heavy atom. The van der Waals surface area contributed by atoms with Gasteiger partial charge in [-0.25, -0.2) is 0 Å². The Bertz CT molecular complexity index is 295. The molecule has 2 rings (SSSR count). The third kappa shape index (κ3) is 3.34. The maximum absolute atomic E-state index is 4.23. The van der Waals surface area contributed by atoms with E-state index in [1.54, 1.807) is 0 Å². The summed E-state index contributed by atoms with van der Waals surface area (Å²) >= 11 is 0. The number of aromatic nitrogens is 3. The second kappa shape index (κ2) is 7.09. The van der Waals surface area contributed by atoms with Crippen molar-refractivity contribution in [3.05, 3.63) is 12.2 Å². The average Bonchev–Trinajstić information content (AvgIpc) is 2.67. The van der Waals surface area contributed by atoms with Gasteiger partial charge < -0.3 is 9.88 Å². The van der Waals surface area contributed by atoms with E-state index in [4.69, 9.17) is 0 Å². The van der Waals surface area contributed by atoms with Crippen LogP contribution in [0.4, 0.5) is 0 Å². The summed E-state index contributed by atoms with van der Waals surface area (Å²) < 4.78 is 2.18. The van der Waals surface area contributed by atoms with Gasteiger partial charge in [-0.1, -0.05) is 0 Å². The van der Waals surface area contributed by atoms with Crippen LogP contribution < -0.4 is 5.32 Å². The number of nitrogens with one attached hydrogen (secondary N) is 1. The highest BCUT2D eigenvalue weighted by Crippen LogP contribution is 2.22. The summed E-state index contributed by atoms with van der Waals surface area (Å²) in [6, 6.07) is 0.460. The van der Waals surface area contributed by atoms with E-state index in [0.29, 0.717) is 12.0 Å². The molecular formula is C10H20Cl2N4. The lowest BCUT2D eigenvalue weighted by molar-refractivity contribution is 0.422. The SMILES string of the molecule is CC(C)n1cnnc1C1CCCNC1.Cl.Cl. The molecule has 4 nitrogen and oxygen atoms in total. The fourth-order valence-corrected chi connectivity index (χ4v) is 2.01. The van der Waals surface area contributed by atoms with Gasteiger partial charge in [0.25, 0.3) is 0 Å². The first-order valence-corrected chi connectivity index (χ1v) is 5.39. The lowest BCUT2D eigenvalue weighted by atomic mass is 9.98. The molecule has 6 heteroatoms. The molecule has 94 valence electrons. The van der Waals surface area contributed by atoms with Gasteiger partial charge in [-0.3, -0.25) is 0 Å². The van der Waals surface area contributed by atoms with Crippen molar-refractivity contribution >= 4 is 24.8 Å². The van der Waals surface area contributed by atoms with Crippen molar-refractivity contribution in [3.8, 4) is 0 Å². The molecule has 1 aromatic heterocycles. The van der Waals surface area contributed by atoms with Gasteiger partial charge in [-0.15, -0.1) is 35.0 Å². The predicted molar refractivity (Wildman–Crippen MR) is 69.7 cm³/mol. The first-order chi connectivity index (χ1) is 6.79. The van der Waals surface area contributed by atoms with Crippen LogP contribution in [0, 0.1) is 0 Å². The maximum Gasteiger partial charge on any atom is 0.137 e. The van der Waals surface area contributed by atoms with Crippen LogP contribution in [-0.4, -0.2) is 27.9 Å². The highest BCUT2D eigenvalue weighted by Gasteiger charge is 2.21. The molecule has 0 saturated carbocycles. The van der Waals surface area contributed by atoms with Gasteiger partial charge in [0.15, 0.2) is 0 Å². The molecule has 0 radical (unpaired) electrons. The topological polar surface area (TPSA) is 42.7 Å². The smallest absolute Gasteiger partial charge is 0.137 e. The zero-order valence-electron chi connectivity index (χ0n) is 9.72. The van der Waals surface area contributed by atoms with Gasteiger partial charge in [-0.2, -0.15) is 0 Å². The van der Waals surface area contributed by atoms with Crippen LogP contribution in [0.2, 0.25) is 0 Å². The van der Waals surface area contributed by atoms with E-state index >= 15 is 0 Å². The van der Waals surface area contributed by atoms with E-state index < -0.39 is 0 Å². The monoisotopic (exact) mass is 266 g/mol. The number of hydrogen-bond acceptors (Lipinski definition) is 3. The van der Waals surface area contributed by atoms with Crippen molar-refractivity contribution < 1.29 is 0 Å². The highest BCUT2D eigenvalue weighted by molar-refractivity contribution is 5.85. The van der Waals surface area contributed by atoms with Crippen molar-refractivity contribution in [2.75, 3.05) is 13.1 Å². The molecule has 16 heavy (non-hydrogen) atoms. The quantitative estimate of drug-likeness (QED) is 0.893. The second-order valence-corrected chi connectivity index (χ2v) is 4.23. The molecule has 0 spiro atoms. The standard InChI is InChI=1S/C10H18N4.2ClH/c1-8(2)14-7-12-13-10(14)9-4-3-5-11-6-9;;/h7-9,11H,3-6H2,1-2H3;2*1H. The van der Waals surface area contributed by atoms with Gasteiger partial charge in [0.05, 0.1) is 0 Å². The van der Waals surface area contributed by atoms with E-state index in [-0.39, 0.29) is 24.8 Å². The number of piperidine rings is 1. The molecule has 0 amide bonds. The normalized spacial score (nSPS) is 20.1. The summed E-state index contributed by atoms with van der Waals surface area (Å²) in [4.78, 5) is 0. The minimum atomic E-state index is 0. The molecule has 0 aliphatic carbocycles. The minimum absolute atomic E-state index is 0. The Labute approximate surface area is 109 Å². The summed E-state index contributed by atoms with van der Waals surface area (Å²) in [6.45, 7) is 6.53. The maximum atomic E-state index is 4.23. The van der Waals surface area contributed by atoms with Crippen LogP contribution >= 0.6 is 24.8 Å². The molecule has 1 aliphatic heterocycles. The largest absolute Gasteiger partial charge is 0.316 e. The van der Waals surface area contributed by atoms with Gasteiger partial charge in [-0.05, 0) is 33.2 Å². The van der Waals surface area contributed by atoms with Crippen LogP contribution in [0.25, 0.3) is 0 Å². The lowest BCUT2D eigenvalue weighted by Crippen LogP contribution is -2.30. The molecule has 0 aromatic carbocycles. The van der Waals surface area contributed by atoms with Crippen LogP contribution in [0.3, 0.4) is 0 Å². The van der Waals surface area contributed by atoms with Gasteiger partial charge >= 0.3 is 0 Å². The molecule has 2 heterocycles. The van der Waals surface area contributed by atoms with Crippen molar-refractivity contribution in [2.45, 2.75) is 38.6 Å². The predicted octanol–water partition coefficient (Wildman–Crippen LogP) is 2.17. The van der Waals surface area contributed by atoms with Crippen LogP contribution in [0.15, 0.2) is 6.33 Å². The van der Waals surface area contributed by atoms with E-state index in [1.165, 1.54) is 12.8 Å². The van der Waals surface area contributed by atoms with Crippen molar-refractivity contribution in [3.63, 3.8) is 0 Å². The third-order valence-corrected chi connectivity index (χ3v) is 2.82. The summed E-state index contributed by atoms with van der Waals surface area (Å²) in [7, 11) is 0. The van der Waals surface area contributed by atoms with Crippen LogP contribution in [-0.2, 0) is 0 Å². The second-order valence-electron chi connectivity index (χ2n) is 4.23. The average molecular weight is 267 g/mol. The minimum Gasteiger partial charge on any atom is -0.316 e. The van der Waals surface area contributed by atoms with Gasteiger partial charge in [0, 0.05) is 18.5 Å². The number of hydrogen-bond donors (Lipinski definition) is 1. The fourth-order valence-electron chi connectivity index (χ4n) is 2.01.